The highest BCUT2D eigenvalue weighted by molar-refractivity contribution is 7.88. The number of hydrogen-bond acceptors (Lipinski definition) is 3. The van der Waals surface area contributed by atoms with Crippen LogP contribution in [0.4, 0.5) is 0 Å². The molecule has 17 heavy (non-hydrogen) atoms. The zero-order valence-electron chi connectivity index (χ0n) is 9.35. The summed E-state index contributed by atoms with van der Waals surface area (Å²) in [5.74, 6) is -0.00289. The van der Waals surface area contributed by atoms with Gasteiger partial charge in [-0.3, -0.25) is 0 Å². The molecule has 1 atom stereocenters. The van der Waals surface area contributed by atoms with Crippen LogP contribution < -0.4 is 4.72 Å². The van der Waals surface area contributed by atoms with Crippen LogP contribution in [0.1, 0.15) is 18.1 Å². The van der Waals surface area contributed by atoms with Crippen molar-refractivity contribution in [3.05, 3.63) is 35.4 Å². The highest BCUT2D eigenvalue weighted by Crippen LogP contribution is 2.11. The summed E-state index contributed by atoms with van der Waals surface area (Å²) in [4.78, 5) is 0. The molecule has 0 aliphatic heterocycles. The SMILES string of the molecule is CC(CCl)NS(=O)(=O)Cc1ccccc1C#N. The second kappa shape index (κ2) is 6.01. The van der Waals surface area contributed by atoms with Crippen LogP contribution in [0.5, 0.6) is 0 Å². The van der Waals surface area contributed by atoms with Crippen molar-refractivity contribution in [1.82, 2.24) is 4.72 Å². The summed E-state index contributed by atoms with van der Waals surface area (Å²) < 4.78 is 26.0. The van der Waals surface area contributed by atoms with Gasteiger partial charge in [0.05, 0.1) is 17.4 Å². The van der Waals surface area contributed by atoms with Crippen LogP contribution in [0.25, 0.3) is 0 Å². The topological polar surface area (TPSA) is 70.0 Å². The molecule has 0 bridgehead atoms. The molecule has 1 rings (SSSR count). The number of hydrogen-bond donors (Lipinski definition) is 1. The predicted octanol–water partition coefficient (Wildman–Crippen LogP) is 1.60. The summed E-state index contributed by atoms with van der Waals surface area (Å²) >= 11 is 5.54. The summed E-state index contributed by atoms with van der Waals surface area (Å²) in [6, 6.07) is 8.27. The van der Waals surface area contributed by atoms with E-state index in [0.717, 1.165) is 0 Å². The molecule has 0 saturated heterocycles. The van der Waals surface area contributed by atoms with Gasteiger partial charge in [0.25, 0.3) is 0 Å². The molecule has 0 radical (unpaired) electrons. The zero-order valence-corrected chi connectivity index (χ0v) is 10.9. The zero-order chi connectivity index (χ0) is 12.9. The maximum atomic E-state index is 11.8. The fourth-order valence-electron chi connectivity index (χ4n) is 1.34. The molecule has 1 unspecified atom stereocenters. The van der Waals surface area contributed by atoms with E-state index in [4.69, 9.17) is 16.9 Å². The van der Waals surface area contributed by atoms with Gasteiger partial charge in [0.15, 0.2) is 0 Å². The lowest BCUT2D eigenvalue weighted by molar-refractivity contribution is 0.569. The first-order valence-corrected chi connectivity index (χ1v) is 7.21. The van der Waals surface area contributed by atoms with Gasteiger partial charge in [0.1, 0.15) is 0 Å². The van der Waals surface area contributed by atoms with Gasteiger partial charge in [-0.15, -0.1) is 11.6 Å². The van der Waals surface area contributed by atoms with Crippen LogP contribution in [0, 0.1) is 11.3 Å². The molecular weight excluding hydrogens is 260 g/mol. The van der Waals surface area contributed by atoms with Gasteiger partial charge in [-0.1, -0.05) is 18.2 Å². The molecule has 0 spiro atoms. The Morgan fingerprint density at radius 3 is 2.71 bits per heavy atom. The first kappa shape index (κ1) is 14.0. The fraction of sp³-hybridized carbons (Fsp3) is 0.364. The van der Waals surface area contributed by atoms with E-state index in [9.17, 15) is 8.42 Å². The lowest BCUT2D eigenvalue weighted by Crippen LogP contribution is -2.34. The molecule has 1 N–H and O–H groups in total. The molecule has 0 saturated carbocycles. The Balaban J connectivity index is 2.88. The minimum atomic E-state index is -3.46. The van der Waals surface area contributed by atoms with Crippen LogP contribution in [-0.2, 0) is 15.8 Å². The summed E-state index contributed by atoms with van der Waals surface area (Å²) in [5, 5.41) is 8.86. The highest BCUT2D eigenvalue weighted by atomic mass is 35.5. The third-order valence-corrected chi connectivity index (χ3v) is 4.01. The van der Waals surface area contributed by atoms with E-state index in [0.29, 0.717) is 11.1 Å². The van der Waals surface area contributed by atoms with Gasteiger partial charge in [-0.05, 0) is 18.6 Å². The normalized spacial score (nSPS) is 13.0. The summed E-state index contributed by atoms with van der Waals surface area (Å²) in [7, 11) is -3.46. The molecule has 0 aliphatic carbocycles. The third kappa shape index (κ3) is 4.35. The van der Waals surface area contributed by atoms with E-state index in [1.54, 1.807) is 31.2 Å². The average Bonchev–Trinajstić information content (AvgIpc) is 2.28. The molecule has 6 heteroatoms. The van der Waals surface area contributed by atoms with Gasteiger partial charge in [-0.25, -0.2) is 13.1 Å². The van der Waals surface area contributed by atoms with Crippen molar-refractivity contribution in [2.24, 2.45) is 0 Å². The third-order valence-electron chi connectivity index (χ3n) is 2.10. The van der Waals surface area contributed by atoms with E-state index >= 15 is 0 Å². The number of alkyl halides is 1. The summed E-state index contributed by atoms with van der Waals surface area (Å²) in [5.41, 5.74) is 0.862. The van der Waals surface area contributed by atoms with Crippen molar-refractivity contribution < 1.29 is 8.42 Å². The van der Waals surface area contributed by atoms with Crippen molar-refractivity contribution >= 4 is 21.6 Å². The lowest BCUT2D eigenvalue weighted by Gasteiger charge is -2.11. The van der Waals surface area contributed by atoms with Crippen LogP contribution >= 0.6 is 11.6 Å². The van der Waals surface area contributed by atoms with Crippen LogP contribution in [0.15, 0.2) is 24.3 Å². The van der Waals surface area contributed by atoms with Gasteiger partial charge in [0.2, 0.25) is 10.0 Å². The Bertz CT molecular complexity index is 523. The molecule has 4 nitrogen and oxygen atoms in total. The van der Waals surface area contributed by atoms with Crippen molar-refractivity contribution in [1.29, 1.82) is 5.26 Å². The number of nitrogens with zero attached hydrogens (tertiary/aromatic N) is 1. The maximum Gasteiger partial charge on any atom is 0.216 e. The minimum Gasteiger partial charge on any atom is -0.212 e. The molecule has 1 aromatic carbocycles. The largest absolute Gasteiger partial charge is 0.216 e. The van der Waals surface area contributed by atoms with E-state index in [-0.39, 0.29) is 17.7 Å². The maximum absolute atomic E-state index is 11.8. The monoisotopic (exact) mass is 272 g/mol. The predicted molar refractivity (Wildman–Crippen MR) is 67.1 cm³/mol. The standard InChI is InChI=1S/C11H13ClN2O2S/c1-9(6-12)14-17(15,16)8-11-5-3-2-4-10(11)7-13/h2-5,9,14H,6,8H2,1H3. The lowest BCUT2D eigenvalue weighted by atomic mass is 10.1. The van der Waals surface area contributed by atoms with Gasteiger partial charge < -0.3 is 0 Å². The van der Waals surface area contributed by atoms with Gasteiger partial charge in [-0.2, -0.15) is 5.26 Å². The molecule has 1 aromatic rings. The highest BCUT2D eigenvalue weighted by Gasteiger charge is 2.16. The molecule has 0 aliphatic rings. The van der Waals surface area contributed by atoms with E-state index in [2.05, 4.69) is 4.72 Å². The van der Waals surface area contributed by atoms with Crippen LogP contribution in [0.3, 0.4) is 0 Å². The number of rotatable bonds is 5. The van der Waals surface area contributed by atoms with Crippen molar-refractivity contribution in [3.8, 4) is 6.07 Å². The Labute approximate surface area is 106 Å². The van der Waals surface area contributed by atoms with E-state index in [1.807, 2.05) is 6.07 Å². The Hall–Kier alpha value is -1.09. The van der Waals surface area contributed by atoms with Crippen molar-refractivity contribution in [2.75, 3.05) is 5.88 Å². The number of sulfonamides is 1. The number of benzene rings is 1. The number of nitrogens with one attached hydrogen (secondary N) is 1. The minimum absolute atomic E-state index is 0.207. The Kier molecular flexibility index (Phi) is 4.94. The quantitative estimate of drug-likeness (QED) is 0.828. The van der Waals surface area contributed by atoms with Crippen LogP contribution in [-0.4, -0.2) is 20.3 Å². The summed E-state index contributed by atoms with van der Waals surface area (Å²) in [6.07, 6.45) is 0. The molecule has 0 aromatic heterocycles. The Morgan fingerprint density at radius 1 is 1.47 bits per heavy atom. The molecule has 92 valence electrons. The van der Waals surface area contributed by atoms with E-state index in [1.165, 1.54) is 0 Å². The second-order valence-corrected chi connectivity index (χ2v) is 5.76. The van der Waals surface area contributed by atoms with Crippen molar-refractivity contribution in [2.45, 2.75) is 18.7 Å². The molecule has 0 fully saturated rings. The van der Waals surface area contributed by atoms with Crippen LogP contribution in [0.2, 0.25) is 0 Å². The summed E-state index contributed by atoms with van der Waals surface area (Å²) in [6.45, 7) is 1.68. The number of nitriles is 1. The average molecular weight is 273 g/mol. The first-order chi connectivity index (χ1) is 7.98. The van der Waals surface area contributed by atoms with Gasteiger partial charge >= 0.3 is 0 Å². The second-order valence-electron chi connectivity index (χ2n) is 3.70. The van der Waals surface area contributed by atoms with Crippen molar-refractivity contribution in [3.63, 3.8) is 0 Å². The number of halogens is 1. The molecule has 0 heterocycles. The van der Waals surface area contributed by atoms with E-state index < -0.39 is 10.0 Å². The molecular formula is C11H13ClN2O2S. The molecule has 0 amide bonds. The smallest absolute Gasteiger partial charge is 0.212 e. The fourth-order valence-corrected chi connectivity index (χ4v) is 2.95. The van der Waals surface area contributed by atoms with Gasteiger partial charge in [0, 0.05) is 11.9 Å². The first-order valence-electron chi connectivity index (χ1n) is 5.02. The Morgan fingerprint density at radius 2 is 2.12 bits per heavy atom.